The summed E-state index contributed by atoms with van der Waals surface area (Å²) in [6.07, 6.45) is 1.65. The average Bonchev–Trinajstić information content (AvgIpc) is 2.79. The number of sulfonamides is 1. The molecule has 2 aromatic carbocycles. The molecule has 0 aliphatic heterocycles. The molecule has 0 aliphatic carbocycles. The second kappa shape index (κ2) is 9.67. The van der Waals surface area contributed by atoms with Crippen molar-refractivity contribution < 1.29 is 13.3 Å². The second-order valence-corrected chi connectivity index (χ2v) is 8.71. The molecule has 0 spiro atoms. The van der Waals surface area contributed by atoms with Crippen LogP contribution in [0.1, 0.15) is 31.1 Å². The van der Waals surface area contributed by atoms with Gasteiger partial charge in [0.2, 0.25) is 10.0 Å². The number of nitro groups is 1. The van der Waals surface area contributed by atoms with Gasteiger partial charge in [0.15, 0.2) is 0 Å². The molecule has 8 nitrogen and oxygen atoms in total. The lowest BCUT2D eigenvalue weighted by molar-refractivity contribution is -0.384. The van der Waals surface area contributed by atoms with Crippen LogP contribution in [0.4, 0.5) is 11.4 Å². The fourth-order valence-electron chi connectivity index (χ4n) is 3.33. The minimum Gasteiger partial charge on any atom is -0.367 e. The van der Waals surface area contributed by atoms with Gasteiger partial charge >= 0.3 is 0 Å². The summed E-state index contributed by atoms with van der Waals surface area (Å²) in [5.41, 5.74) is 1.45. The monoisotopic (exact) mass is 440 g/mol. The first-order chi connectivity index (χ1) is 14.9. The van der Waals surface area contributed by atoms with Crippen LogP contribution in [0.3, 0.4) is 0 Å². The fourth-order valence-corrected chi connectivity index (χ4v) is 4.81. The van der Waals surface area contributed by atoms with Gasteiger partial charge in [-0.3, -0.25) is 15.1 Å². The molecule has 1 aromatic heterocycles. The van der Waals surface area contributed by atoms with E-state index >= 15 is 0 Å². The number of hydrogen-bond donors (Lipinski definition) is 1. The SMILES string of the molecule is CCN(CC)S(=O)(=O)c1ccc(NC(c2ccccc2)c2ccccn2)c([N+](=O)[O-])c1. The molecule has 1 N–H and O–H groups in total. The van der Waals surface area contributed by atoms with E-state index in [4.69, 9.17) is 0 Å². The summed E-state index contributed by atoms with van der Waals surface area (Å²) in [6.45, 7) is 4.01. The third-order valence-electron chi connectivity index (χ3n) is 4.93. The number of anilines is 1. The lowest BCUT2D eigenvalue weighted by Crippen LogP contribution is -2.30. The van der Waals surface area contributed by atoms with Gasteiger partial charge in [-0.1, -0.05) is 50.2 Å². The van der Waals surface area contributed by atoms with E-state index in [-0.39, 0.29) is 29.4 Å². The van der Waals surface area contributed by atoms with Crippen LogP contribution in [0, 0.1) is 10.1 Å². The van der Waals surface area contributed by atoms with Crippen LogP contribution in [0.15, 0.2) is 77.8 Å². The highest BCUT2D eigenvalue weighted by Crippen LogP contribution is 2.33. The zero-order chi connectivity index (χ0) is 22.4. The van der Waals surface area contributed by atoms with Gasteiger partial charge in [0.25, 0.3) is 5.69 Å². The van der Waals surface area contributed by atoms with E-state index in [0.717, 1.165) is 11.6 Å². The normalized spacial score (nSPS) is 12.5. The van der Waals surface area contributed by atoms with Gasteiger partial charge in [-0.2, -0.15) is 4.31 Å². The molecule has 0 radical (unpaired) electrons. The number of rotatable bonds is 9. The molecule has 0 aliphatic rings. The maximum Gasteiger partial charge on any atom is 0.293 e. The number of benzene rings is 2. The predicted molar refractivity (Wildman–Crippen MR) is 119 cm³/mol. The highest BCUT2D eigenvalue weighted by molar-refractivity contribution is 7.89. The Morgan fingerprint density at radius 1 is 1.03 bits per heavy atom. The number of nitrogens with one attached hydrogen (secondary N) is 1. The predicted octanol–water partition coefficient (Wildman–Crippen LogP) is 4.22. The van der Waals surface area contributed by atoms with Crippen LogP contribution in [0.2, 0.25) is 0 Å². The minimum atomic E-state index is -3.82. The summed E-state index contributed by atoms with van der Waals surface area (Å²) in [5, 5.41) is 15.0. The number of hydrogen-bond acceptors (Lipinski definition) is 6. The molecule has 1 heterocycles. The van der Waals surface area contributed by atoms with Crippen molar-refractivity contribution in [2.45, 2.75) is 24.8 Å². The van der Waals surface area contributed by atoms with Crippen LogP contribution < -0.4 is 5.32 Å². The smallest absolute Gasteiger partial charge is 0.293 e. The van der Waals surface area contributed by atoms with E-state index in [1.54, 1.807) is 26.1 Å². The third kappa shape index (κ3) is 4.89. The Labute approximate surface area is 181 Å². The van der Waals surface area contributed by atoms with Crippen molar-refractivity contribution in [2.75, 3.05) is 18.4 Å². The summed E-state index contributed by atoms with van der Waals surface area (Å²) >= 11 is 0. The Morgan fingerprint density at radius 2 is 1.71 bits per heavy atom. The van der Waals surface area contributed by atoms with E-state index in [9.17, 15) is 18.5 Å². The quantitative estimate of drug-likeness (QED) is 0.394. The topological polar surface area (TPSA) is 105 Å². The molecule has 0 fully saturated rings. The lowest BCUT2D eigenvalue weighted by atomic mass is 10.0. The zero-order valence-electron chi connectivity index (χ0n) is 17.3. The van der Waals surface area contributed by atoms with Crippen molar-refractivity contribution in [1.29, 1.82) is 0 Å². The number of aromatic nitrogens is 1. The minimum absolute atomic E-state index is 0.109. The van der Waals surface area contributed by atoms with Crippen molar-refractivity contribution in [2.24, 2.45) is 0 Å². The number of nitro benzene ring substituents is 1. The molecule has 1 unspecified atom stereocenters. The van der Waals surface area contributed by atoms with Gasteiger partial charge < -0.3 is 5.32 Å². The number of nitrogens with zero attached hydrogens (tertiary/aromatic N) is 3. The van der Waals surface area contributed by atoms with Gasteiger partial charge in [0, 0.05) is 25.4 Å². The summed E-state index contributed by atoms with van der Waals surface area (Å²) in [4.78, 5) is 15.5. The Morgan fingerprint density at radius 3 is 2.29 bits per heavy atom. The Bertz CT molecular complexity index is 1100. The largest absolute Gasteiger partial charge is 0.367 e. The molecule has 31 heavy (non-hydrogen) atoms. The first-order valence-corrected chi connectivity index (χ1v) is 11.3. The Kier molecular flexibility index (Phi) is 6.98. The lowest BCUT2D eigenvalue weighted by Gasteiger charge is -2.21. The summed E-state index contributed by atoms with van der Waals surface area (Å²) < 4.78 is 26.9. The van der Waals surface area contributed by atoms with E-state index in [1.807, 2.05) is 42.5 Å². The summed E-state index contributed by atoms with van der Waals surface area (Å²) in [7, 11) is -3.82. The molecule has 3 rings (SSSR count). The van der Waals surface area contributed by atoms with Crippen molar-refractivity contribution in [3.05, 3.63) is 94.3 Å². The molecular weight excluding hydrogens is 416 g/mol. The average molecular weight is 441 g/mol. The molecule has 0 bridgehead atoms. The zero-order valence-corrected chi connectivity index (χ0v) is 18.1. The third-order valence-corrected chi connectivity index (χ3v) is 6.97. The standard InChI is InChI=1S/C22H24N4O4S/c1-3-25(4-2)31(29,30)18-13-14-19(21(16-18)26(27)28)24-22(17-10-6-5-7-11-17)20-12-8-9-15-23-20/h5-16,22,24H,3-4H2,1-2H3. The van der Waals surface area contributed by atoms with Gasteiger partial charge in [-0.25, -0.2) is 8.42 Å². The Hall–Kier alpha value is -3.30. The first-order valence-electron chi connectivity index (χ1n) is 9.89. The number of pyridine rings is 1. The second-order valence-electron chi connectivity index (χ2n) is 6.77. The van der Waals surface area contributed by atoms with Gasteiger partial charge in [0.1, 0.15) is 5.69 Å². The van der Waals surface area contributed by atoms with E-state index < -0.39 is 21.0 Å². The molecule has 0 saturated carbocycles. The summed E-state index contributed by atoms with van der Waals surface area (Å²) in [5.74, 6) is 0. The first kappa shape index (κ1) is 22.4. The van der Waals surface area contributed by atoms with Gasteiger partial charge in [-0.05, 0) is 29.8 Å². The van der Waals surface area contributed by atoms with Crippen molar-refractivity contribution >= 4 is 21.4 Å². The van der Waals surface area contributed by atoms with Crippen LogP contribution in [-0.2, 0) is 10.0 Å². The van der Waals surface area contributed by atoms with Gasteiger partial charge in [0.05, 0.1) is 21.6 Å². The fraction of sp³-hybridized carbons (Fsp3) is 0.227. The van der Waals surface area contributed by atoms with E-state index in [0.29, 0.717) is 5.69 Å². The van der Waals surface area contributed by atoms with Crippen LogP contribution in [-0.4, -0.2) is 35.7 Å². The highest BCUT2D eigenvalue weighted by Gasteiger charge is 2.27. The van der Waals surface area contributed by atoms with E-state index in [1.165, 1.54) is 16.4 Å². The van der Waals surface area contributed by atoms with Crippen molar-refractivity contribution in [3.8, 4) is 0 Å². The van der Waals surface area contributed by atoms with Crippen LogP contribution in [0.25, 0.3) is 0 Å². The molecule has 0 amide bonds. The maximum absolute atomic E-state index is 12.8. The molecule has 162 valence electrons. The van der Waals surface area contributed by atoms with Crippen molar-refractivity contribution in [3.63, 3.8) is 0 Å². The van der Waals surface area contributed by atoms with Crippen LogP contribution in [0.5, 0.6) is 0 Å². The molecule has 9 heteroatoms. The maximum atomic E-state index is 12.8. The molecular formula is C22H24N4O4S. The highest BCUT2D eigenvalue weighted by atomic mass is 32.2. The van der Waals surface area contributed by atoms with Crippen molar-refractivity contribution in [1.82, 2.24) is 9.29 Å². The van der Waals surface area contributed by atoms with E-state index in [2.05, 4.69) is 10.3 Å². The molecule has 1 atom stereocenters. The Balaban J connectivity index is 2.06. The molecule has 3 aromatic rings. The summed E-state index contributed by atoms with van der Waals surface area (Å²) in [6, 6.07) is 18.4. The molecule has 0 saturated heterocycles. The van der Waals surface area contributed by atoms with Gasteiger partial charge in [-0.15, -0.1) is 0 Å². The van der Waals surface area contributed by atoms with Crippen LogP contribution >= 0.6 is 0 Å².